The highest BCUT2D eigenvalue weighted by Gasteiger charge is 2.32. The number of rotatable bonds is 5. The molecular weight excluding hydrogens is 431 g/mol. The minimum Gasteiger partial charge on any atom is -0.352 e. The molecule has 0 amide bonds. The first kappa shape index (κ1) is 22.6. The van der Waals surface area contributed by atoms with E-state index in [1.165, 1.54) is 12.4 Å². The third kappa shape index (κ3) is 4.76. The lowest BCUT2D eigenvalue weighted by Crippen LogP contribution is -2.39. The highest BCUT2D eigenvalue weighted by molar-refractivity contribution is 5.96. The van der Waals surface area contributed by atoms with Gasteiger partial charge in [-0.1, -0.05) is 5.92 Å². The van der Waals surface area contributed by atoms with Gasteiger partial charge < -0.3 is 10.3 Å². The van der Waals surface area contributed by atoms with Crippen molar-refractivity contribution in [1.29, 1.82) is 0 Å². The van der Waals surface area contributed by atoms with Crippen LogP contribution in [0, 0.1) is 24.8 Å². The molecule has 3 aromatic heterocycles. The first-order valence-corrected chi connectivity index (χ1v) is 10.5. The zero-order valence-electron chi connectivity index (χ0n) is 17.9. The topological polar surface area (TPSA) is 74.1 Å². The number of pyridine rings is 1. The van der Waals surface area contributed by atoms with E-state index in [-0.39, 0.29) is 28.5 Å². The number of hydrogen-bond donors (Lipinski definition) is 2. The second-order valence-corrected chi connectivity index (χ2v) is 8.11. The molecule has 1 fully saturated rings. The Morgan fingerprint density at radius 1 is 1.33 bits per heavy atom. The number of aromatic amines is 1. The molecule has 4 rings (SSSR count). The van der Waals surface area contributed by atoms with E-state index in [9.17, 15) is 13.2 Å². The van der Waals surface area contributed by atoms with E-state index in [1.807, 2.05) is 0 Å². The minimum atomic E-state index is -4.53. The number of nitrogens with zero attached hydrogens (tertiary/aromatic N) is 5. The molecule has 10 heteroatoms. The average molecular weight is 453 g/mol. The maximum Gasteiger partial charge on any atom is 0.417 e. The van der Waals surface area contributed by atoms with Gasteiger partial charge in [0.25, 0.3) is 0 Å². The van der Waals surface area contributed by atoms with Crippen LogP contribution in [0.4, 0.5) is 24.8 Å². The monoisotopic (exact) mass is 453 g/mol. The van der Waals surface area contributed by atoms with Gasteiger partial charge >= 0.3 is 6.18 Å². The summed E-state index contributed by atoms with van der Waals surface area (Å²) in [4.78, 5) is 21.2. The van der Waals surface area contributed by atoms with Gasteiger partial charge in [-0.05, 0) is 44.8 Å². The number of nitrogens with one attached hydrogen (secondary N) is 2. The maximum absolute atomic E-state index is 13.2. The van der Waals surface area contributed by atoms with Crippen molar-refractivity contribution in [2.24, 2.45) is 5.92 Å². The van der Waals surface area contributed by atoms with Crippen LogP contribution in [0.2, 0.25) is 0 Å². The van der Waals surface area contributed by atoms with E-state index in [0.29, 0.717) is 24.0 Å². The number of alkyl halides is 3. The first-order chi connectivity index (χ1) is 15.8. The van der Waals surface area contributed by atoms with Gasteiger partial charge in [-0.25, -0.2) is 19.8 Å². The third-order valence-corrected chi connectivity index (χ3v) is 6.01. The van der Waals surface area contributed by atoms with Crippen molar-refractivity contribution in [3.8, 4) is 23.6 Å². The van der Waals surface area contributed by atoms with Crippen molar-refractivity contribution in [3.63, 3.8) is 0 Å². The predicted molar refractivity (Wildman–Crippen MR) is 119 cm³/mol. The molecule has 1 aliphatic rings. The van der Waals surface area contributed by atoms with E-state index in [2.05, 4.69) is 47.8 Å². The molecule has 0 aliphatic carbocycles. The van der Waals surface area contributed by atoms with Gasteiger partial charge in [-0.2, -0.15) is 13.2 Å². The van der Waals surface area contributed by atoms with Gasteiger partial charge in [0.1, 0.15) is 5.65 Å². The lowest BCUT2D eigenvalue weighted by atomic mass is 9.90. The third-order valence-electron chi connectivity index (χ3n) is 6.01. The maximum atomic E-state index is 13.2. The lowest BCUT2D eigenvalue weighted by Gasteiger charge is -2.34. The van der Waals surface area contributed by atoms with Crippen molar-refractivity contribution >= 4 is 22.7 Å². The van der Waals surface area contributed by atoms with Gasteiger partial charge in [0.2, 0.25) is 11.6 Å². The van der Waals surface area contributed by atoms with E-state index in [4.69, 9.17) is 13.0 Å². The van der Waals surface area contributed by atoms with Crippen LogP contribution < -0.4 is 5.32 Å². The first-order valence-electron chi connectivity index (χ1n) is 10.5. The van der Waals surface area contributed by atoms with E-state index in [1.54, 1.807) is 0 Å². The summed E-state index contributed by atoms with van der Waals surface area (Å²) in [7, 11) is 0. The molecule has 1 aliphatic heterocycles. The number of fused-ring (bicyclic) bond motifs is 1. The zero-order valence-corrected chi connectivity index (χ0v) is 17.9. The number of likely N-dealkylation sites (tertiary alicyclic amines) is 1. The van der Waals surface area contributed by atoms with Crippen LogP contribution in [0.5, 0.6) is 0 Å². The summed E-state index contributed by atoms with van der Waals surface area (Å²) in [5.74, 6) is 3.40. The molecule has 33 heavy (non-hydrogen) atoms. The molecule has 4 heterocycles. The molecule has 1 atom stereocenters. The van der Waals surface area contributed by atoms with Gasteiger partial charge in [0, 0.05) is 35.6 Å². The molecule has 0 bridgehead atoms. The SMILES string of the molecule is [C-]#[N+]c1cnc(NC(C)C2CCN(CC#C)CC2)nc1-c1c[nH]c2ncc(C(F)(F)F)cc12. The summed E-state index contributed by atoms with van der Waals surface area (Å²) in [6.07, 6.45) is 6.52. The molecule has 170 valence electrons. The van der Waals surface area contributed by atoms with Crippen LogP contribution in [-0.2, 0) is 6.18 Å². The number of H-pyrrole nitrogens is 1. The fourth-order valence-corrected chi connectivity index (χ4v) is 4.14. The summed E-state index contributed by atoms with van der Waals surface area (Å²) in [6.45, 7) is 12.0. The Morgan fingerprint density at radius 2 is 2.09 bits per heavy atom. The van der Waals surface area contributed by atoms with Crippen molar-refractivity contribution in [1.82, 2.24) is 24.8 Å². The Morgan fingerprint density at radius 3 is 2.76 bits per heavy atom. The van der Waals surface area contributed by atoms with Gasteiger partial charge in [-0.15, -0.1) is 6.42 Å². The molecule has 1 saturated heterocycles. The summed E-state index contributed by atoms with van der Waals surface area (Å²) in [5, 5.41) is 3.55. The molecule has 7 nitrogen and oxygen atoms in total. The van der Waals surface area contributed by atoms with E-state index in [0.717, 1.165) is 38.2 Å². The zero-order chi connectivity index (χ0) is 23.6. The Bertz CT molecular complexity index is 1230. The normalized spacial score (nSPS) is 16.3. The molecule has 3 aromatic rings. The standard InChI is InChI=1S/C23H22F3N7/c1-4-7-33-8-5-15(6-9-33)14(2)31-22-30-13-19(27-3)20(32-22)18-12-29-21-17(18)10-16(11-28-21)23(24,25)26/h1,10-15H,5-9H2,2H3,(H,28,29)(H,30,31,32). The van der Waals surface area contributed by atoms with Crippen LogP contribution in [0.1, 0.15) is 25.3 Å². The lowest BCUT2D eigenvalue weighted by molar-refractivity contribution is -0.137. The molecule has 2 N–H and O–H groups in total. The number of anilines is 1. The van der Waals surface area contributed by atoms with Crippen LogP contribution in [0.25, 0.3) is 27.1 Å². The smallest absolute Gasteiger partial charge is 0.352 e. The van der Waals surface area contributed by atoms with E-state index >= 15 is 0 Å². The molecule has 0 aromatic carbocycles. The summed E-state index contributed by atoms with van der Waals surface area (Å²) in [5.41, 5.74) is 0.196. The summed E-state index contributed by atoms with van der Waals surface area (Å²) >= 11 is 0. The van der Waals surface area contributed by atoms with Crippen molar-refractivity contribution in [2.75, 3.05) is 25.0 Å². The van der Waals surface area contributed by atoms with Gasteiger partial charge in [0.15, 0.2) is 0 Å². The molecule has 0 radical (unpaired) electrons. The Hall–Kier alpha value is -3.63. The molecular formula is C23H22F3N7. The van der Waals surface area contributed by atoms with Crippen LogP contribution >= 0.6 is 0 Å². The van der Waals surface area contributed by atoms with Crippen molar-refractivity contribution in [2.45, 2.75) is 32.0 Å². The summed E-state index contributed by atoms with van der Waals surface area (Å²) in [6, 6.07) is 1.09. The van der Waals surface area contributed by atoms with E-state index < -0.39 is 11.7 Å². The minimum absolute atomic E-state index is 0.0751. The van der Waals surface area contributed by atoms with Crippen molar-refractivity contribution < 1.29 is 13.2 Å². The average Bonchev–Trinajstić information content (AvgIpc) is 3.22. The molecule has 0 saturated carbocycles. The van der Waals surface area contributed by atoms with Gasteiger partial charge in [0.05, 0.1) is 24.4 Å². The highest BCUT2D eigenvalue weighted by atomic mass is 19.4. The number of halogens is 3. The number of piperidine rings is 1. The predicted octanol–water partition coefficient (Wildman–Crippen LogP) is 4.74. The number of aromatic nitrogens is 4. The van der Waals surface area contributed by atoms with Crippen LogP contribution in [0.3, 0.4) is 0 Å². The fourth-order valence-electron chi connectivity index (χ4n) is 4.14. The van der Waals surface area contributed by atoms with Crippen LogP contribution in [0.15, 0.2) is 24.7 Å². The highest BCUT2D eigenvalue weighted by Crippen LogP contribution is 2.37. The van der Waals surface area contributed by atoms with Crippen LogP contribution in [-0.4, -0.2) is 50.5 Å². The van der Waals surface area contributed by atoms with Gasteiger partial charge in [-0.3, -0.25) is 4.90 Å². The number of hydrogen-bond acceptors (Lipinski definition) is 5. The number of terminal acetylenes is 1. The quantitative estimate of drug-likeness (QED) is 0.431. The Kier molecular flexibility index (Phi) is 6.21. The molecule has 1 unspecified atom stereocenters. The molecule has 0 spiro atoms. The summed E-state index contributed by atoms with van der Waals surface area (Å²) < 4.78 is 39.6. The largest absolute Gasteiger partial charge is 0.417 e. The van der Waals surface area contributed by atoms with Crippen molar-refractivity contribution in [3.05, 3.63) is 41.6 Å². The Balaban J connectivity index is 1.61. The fraction of sp³-hybridized carbons (Fsp3) is 0.391. The Labute approximate surface area is 189 Å². The second kappa shape index (κ2) is 9.08. The second-order valence-electron chi connectivity index (χ2n) is 8.11.